The summed E-state index contributed by atoms with van der Waals surface area (Å²) in [6.45, 7) is 5.38. The van der Waals surface area contributed by atoms with Crippen LogP contribution in [0, 0.1) is 11.8 Å². The minimum Gasteiger partial charge on any atom is -0.369 e. The molecule has 0 fully saturated rings. The third kappa shape index (κ3) is 10.2. The van der Waals surface area contributed by atoms with Gasteiger partial charge in [-0.1, -0.05) is 80.9 Å². The van der Waals surface area contributed by atoms with Crippen molar-refractivity contribution < 1.29 is 23.8 Å². The van der Waals surface area contributed by atoms with Crippen LogP contribution >= 0.6 is 19.8 Å². The number of carbonyl (C=O) groups excluding carboxylic acids is 3. The van der Waals surface area contributed by atoms with Gasteiger partial charge in [0.2, 0.25) is 17.7 Å². The molecule has 10 nitrogen and oxygen atoms in total. The topological polar surface area (TPSA) is 156 Å². The zero-order valence-corrected chi connectivity index (χ0v) is 28.2. The average molecular weight is 666 g/mol. The molecule has 0 aliphatic carbocycles. The lowest BCUT2D eigenvalue weighted by Gasteiger charge is -2.22. The van der Waals surface area contributed by atoms with Crippen LogP contribution in [0.15, 0.2) is 71.9 Å². The Bertz CT molecular complexity index is 1680. The summed E-state index contributed by atoms with van der Waals surface area (Å²) in [6.07, 6.45) is 6.94. The van der Waals surface area contributed by atoms with Crippen LogP contribution in [0.4, 0.5) is 0 Å². The quantitative estimate of drug-likeness (QED) is 0.114. The molecule has 246 valence electrons. The summed E-state index contributed by atoms with van der Waals surface area (Å²) in [7, 11) is -2.41. The fraction of sp³-hybridized carbons (Fsp3) is 0.412. The molecule has 3 heterocycles. The van der Waals surface area contributed by atoms with Crippen molar-refractivity contribution in [1.82, 2.24) is 20.2 Å². The van der Waals surface area contributed by atoms with Gasteiger partial charge >= 0.3 is 0 Å². The third-order valence-corrected chi connectivity index (χ3v) is 9.92. The molecule has 0 spiro atoms. The number of primary amides is 1. The highest BCUT2D eigenvalue weighted by molar-refractivity contribution is 8.03. The van der Waals surface area contributed by atoms with Crippen LogP contribution in [0.5, 0.6) is 0 Å². The number of hydrogen-bond acceptors (Lipinski definition) is 6. The highest BCUT2D eigenvalue weighted by Crippen LogP contribution is 2.28. The smallest absolute Gasteiger partial charge is 0.242 e. The molecule has 3 amide bonds. The van der Waals surface area contributed by atoms with E-state index in [1.54, 1.807) is 0 Å². The Morgan fingerprint density at radius 2 is 1.83 bits per heavy atom. The number of nitrogens with one attached hydrogen (secondary N) is 2. The highest BCUT2D eigenvalue weighted by Gasteiger charge is 2.30. The lowest BCUT2D eigenvalue weighted by molar-refractivity contribution is -0.137. The summed E-state index contributed by atoms with van der Waals surface area (Å²) in [6, 6.07) is 19.0. The summed E-state index contributed by atoms with van der Waals surface area (Å²) in [5, 5.41) is 8.74. The first-order chi connectivity index (χ1) is 22.1. The van der Waals surface area contributed by atoms with E-state index in [2.05, 4.69) is 38.5 Å². The zero-order chi connectivity index (χ0) is 33.1. The van der Waals surface area contributed by atoms with Gasteiger partial charge in [-0.25, -0.2) is 4.98 Å². The molecule has 2 aromatic heterocycles. The highest BCUT2D eigenvalue weighted by atomic mass is 32.2. The van der Waals surface area contributed by atoms with Crippen LogP contribution in [0.25, 0.3) is 21.8 Å². The van der Waals surface area contributed by atoms with Crippen molar-refractivity contribution in [2.45, 2.75) is 70.0 Å². The molecule has 1 aliphatic rings. The molecular formula is C34H44N5O5PS. The Morgan fingerprint density at radius 3 is 2.59 bits per heavy atom. The molecule has 5 N–H and O–H groups in total. The Labute approximate surface area is 274 Å². The maximum atomic E-state index is 13.0. The van der Waals surface area contributed by atoms with Gasteiger partial charge in [0.05, 0.1) is 16.0 Å². The second kappa shape index (κ2) is 17.3. The van der Waals surface area contributed by atoms with Crippen LogP contribution in [-0.4, -0.2) is 50.2 Å². The van der Waals surface area contributed by atoms with E-state index in [9.17, 15) is 18.9 Å². The maximum Gasteiger partial charge on any atom is 0.242 e. The fourth-order valence-corrected chi connectivity index (χ4v) is 6.97. The number of nitrogens with two attached hydrogens (primary N) is 1. The monoisotopic (exact) mass is 665 g/mol. The van der Waals surface area contributed by atoms with Crippen molar-refractivity contribution in [3.05, 3.63) is 72.4 Å². The van der Waals surface area contributed by atoms with Gasteiger partial charge in [0.15, 0.2) is 8.03 Å². The molecule has 2 bridgehead atoms. The van der Waals surface area contributed by atoms with Crippen LogP contribution in [-0.2, 0) is 31.9 Å². The molecule has 5 rings (SSSR count). The van der Waals surface area contributed by atoms with E-state index in [0.29, 0.717) is 19.4 Å². The summed E-state index contributed by atoms with van der Waals surface area (Å²) in [5.41, 5.74) is 8.78. The molecule has 0 saturated carbocycles. The molecule has 3 atom stereocenters. The van der Waals surface area contributed by atoms with E-state index in [0.717, 1.165) is 64.6 Å². The van der Waals surface area contributed by atoms with Crippen LogP contribution in [0.1, 0.15) is 51.5 Å². The van der Waals surface area contributed by atoms with Crippen molar-refractivity contribution >= 4 is 59.3 Å². The number of benzene rings is 2. The largest absolute Gasteiger partial charge is 0.369 e. The molecule has 0 saturated heterocycles. The Kier molecular flexibility index (Phi) is 13.2. The number of para-hydroxylation sites is 2. The number of fused-ring (bicyclic) bond motifs is 6. The fourth-order valence-electron chi connectivity index (χ4n) is 5.55. The number of aromatic nitrogens is 2. The van der Waals surface area contributed by atoms with Crippen molar-refractivity contribution in [2.75, 3.05) is 12.0 Å². The van der Waals surface area contributed by atoms with Crippen molar-refractivity contribution in [2.24, 2.45) is 17.6 Å². The number of amides is 3. The molecule has 0 radical (unpaired) electrons. The number of pyridine rings is 1. The van der Waals surface area contributed by atoms with Gasteiger partial charge in [-0.05, 0) is 48.9 Å². The van der Waals surface area contributed by atoms with E-state index in [-0.39, 0.29) is 17.3 Å². The average Bonchev–Trinajstić information content (AvgIpc) is 3.38. The summed E-state index contributed by atoms with van der Waals surface area (Å²) < 4.78 is 12.8. The van der Waals surface area contributed by atoms with E-state index in [1.165, 1.54) is 11.8 Å². The molecule has 1 aliphatic heterocycles. The van der Waals surface area contributed by atoms with E-state index in [4.69, 9.17) is 10.6 Å². The molecule has 12 heteroatoms. The van der Waals surface area contributed by atoms with Gasteiger partial charge < -0.3 is 25.8 Å². The predicted octanol–water partition coefficient (Wildman–Crippen LogP) is 5.26. The molecule has 2 aromatic carbocycles. The van der Waals surface area contributed by atoms with Gasteiger partial charge in [-0.3, -0.25) is 18.9 Å². The summed E-state index contributed by atoms with van der Waals surface area (Å²) in [4.78, 5) is 50.8. The van der Waals surface area contributed by atoms with Crippen LogP contribution < -0.4 is 16.4 Å². The summed E-state index contributed by atoms with van der Waals surface area (Å²) in [5.74, 6) is -2.17. The minimum absolute atomic E-state index is 0.134. The molecule has 4 aromatic rings. The van der Waals surface area contributed by atoms with Gasteiger partial charge in [0.25, 0.3) is 0 Å². The van der Waals surface area contributed by atoms with E-state index < -0.39 is 31.8 Å². The maximum absolute atomic E-state index is 13.0. The second-order valence-electron chi connectivity index (χ2n) is 11.9. The molecular weight excluding hydrogens is 621 g/mol. The Hall–Kier alpha value is -3.66. The predicted molar refractivity (Wildman–Crippen MR) is 185 cm³/mol. The molecule has 46 heavy (non-hydrogen) atoms. The summed E-state index contributed by atoms with van der Waals surface area (Å²) >= 11 is 1.32. The lowest BCUT2D eigenvalue weighted by Crippen LogP contribution is -2.51. The lowest BCUT2D eigenvalue weighted by atomic mass is 9.95. The number of rotatable bonds is 8. The van der Waals surface area contributed by atoms with Crippen molar-refractivity contribution in [3.63, 3.8) is 0 Å². The number of nitrogens with zero attached hydrogens (tertiary/aromatic N) is 2. The van der Waals surface area contributed by atoms with Gasteiger partial charge in [0, 0.05) is 42.0 Å². The van der Waals surface area contributed by atoms with E-state index >= 15 is 0 Å². The second-order valence-corrected chi connectivity index (χ2v) is 14.6. The first-order valence-corrected chi connectivity index (χ1v) is 18.3. The van der Waals surface area contributed by atoms with Crippen LogP contribution in [0.3, 0.4) is 0 Å². The minimum atomic E-state index is -2.41. The Morgan fingerprint density at radius 1 is 1.09 bits per heavy atom. The zero-order valence-electron chi connectivity index (χ0n) is 26.4. The van der Waals surface area contributed by atoms with Crippen molar-refractivity contribution in [3.8, 4) is 0 Å². The number of thioether (sulfide) groups is 1. The normalized spacial score (nSPS) is 17.0. The van der Waals surface area contributed by atoms with Gasteiger partial charge in [-0.15, -0.1) is 0 Å². The van der Waals surface area contributed by atoms with Crippen LogP contribution in [0.2, 0.25) is 0 Å². The first kappa shape index (κ1) is 35.2. The number of hydrogen-bond donors (Lipinski definition) is 4. The molecule has 2 unspecified atom stereocenters. The first-order valence-electron chi connectivity index (χ1n) is 15.8. The third-order valence-electron chi connectivity index (χ3n) is 7.84. The standard InChI is InChI=1S/C24H34N4O3.C10H10NO2PS/c1-16(2)13-19(22(25)29)23(30)27-20-14-17-15-28(21-10-6-5-9-18(17)21)12-8-4-3-7-11-26-24(20)31;12-14(13)7-15-10-6-5-8-3-1-2-4-9(8)11-10/h5-6,9-10,15-16,19-20H,3-4,7-8,11-14H2,1-2H3,(H2,25,29)(H,26,31)(H,27,30);1-6,14H,7H2,(H,12,13)/t19?,20-;/m0./s1. The number of carbonyl (C=O) groups is 3. The number of aryl methyl sites for hydroxylation is 1. The Balaban J connectivity index is 0.000000266. The van der Waals surface area contributed by atoms with Gasteiger partial charge in [-0.2, -0.15) is 0 Å². The van der Waals surface area contributed by atoms with Gasteiger partial charge in [0.1, 0.15) is 12.0 Å². The van der Waals surface area contributed by atoms with Crippen molar-refractivity contribution in [1.29, 1.82) is 0 Å². The SMILES string of the molecule is CC(C)CC(C(N)=O)C(=O)N[C@H]1Cc2cn(c3ccccc23)CCCCCCNC1=O.O=[PH](O)CSc1ccc2ccccc2n1. The van der Waals surface area contributed by atoms with E-state index in [1.807, 2.05) is 62.4 Å².